The Morgan fingerprint density at radius 1 is 1.13 bits per heavy atom. The fourth-order valence-corrected chi connectivity index (χ4v) is 3.33. The standard InChI is InChI=1S/C13H23NO/c1-12(2)5-6-13(9-12)14-7-11(8-15-13)10-3-4-10/h10-11,14H,3-9H2,1-2H3. The largest absolute Gasteiger partial charge is 0.360 e. The quantitative estimate of drug-likeness (QED) is 0.716. The van der Waals surface area contributed by atoms with Crippen LogP contribution in [0.2, 0.25) is 0 Å². The highest BCUT2D eigenvalue weighted by molar-refractivity contribution is 4.97. The second-order valence-corrected chi connectivity index (χ2v) is 6.62. The maximum Gasteiger partial charge on any atom is 0.119 e. The van der Waals surface area contributed by atoms with E-state index in [-0.39, 0.29) is 5.72 Å². The molecule has 15 heavy (non-hydrogen) atoms. The van der Waals surface area contributed by atoms with E-state index in [1.54, 1.807) is 0 Å². The van der Waals surface area contributed by atoms with E-state index in [1.165, 1.54) is 38.6 Å². The lowest BCUT2D eigenvalue weighted by Gasteiger charge is -2.39. The van der Waals surface area contributed by atoms with Crippen molar-refractivity contribution in [2.45, 2.75) is 51.7 Å². The predicted octanol–water partition coefficient (Wildman–Crippen LogP) is 2.54. The Kier molecular flexibility index (Phi) is 2.16. The molecule has 2 atom stereocenters. The molecule has 1 heterocycles. The van der Waals surface area contributed by atoms with Crippen molar-refractivity contribution in [3.63, 3.8) is 0 Å². The molecule has 0 aromatic heterocycles. The molecule has 0 amide bonds. The van der Waals surface area contributed by atoms with Gasteiger partial charge < -0.3 is 4.74 Å². The third kappa shape index (κ3) is 1.94. The third-order valence-corrected chi connectivity index (χ3v) is 4.52. The molecule has 2 nitrogen and oxygen atoms in total. The smallest absolute Gasteiger partial charge is 0.119 e. The van der Waals surface area contributed by atoms with Gasteiger partial charge in [0.1, 0.15) is 5.72 Å². The monoisotopic (exact) mass is 209 g/mol. The highest BCUT2D eigenvalue weighted by Crippen LogP contribution is 2.47. The van der Waals surface area contributed by atoms with Gasteiger partial charge in [-0.2, -0.15) is 0 Å². The number of hydrogen-bond acceptors (Lipinski definition) is 2. The van der Waals surface area contributed by atoms with Crippen LogP contribution in [0.5, 0.6) is 0 Å². The minimum atomic E-state index is 0.0505. The van der Waals surface area contributed by atoms with E-state index in [0.717, 1.165) is 18.4 Å². The Morgan fingerprint density at radius 2 is 1.93 bits per heavy atom. The molecule has 3 fully saturated rings. The first kappa shape index (κ1) is 10.1. The summed E-state index contributed by atoms with van der Waals surface area (Å²) in [6.45, 7) is 6.92. The van der Waals surface area contributed by atoms with Gasteiger partial charge in [-0.3, -0.25) is 5.32 Å². The van der Waals surface area contributed by atoms with Crippen LogP contribution in [0.1, 0.15) is 46.0 Å². The number of rotatable bonds is 1. The first-order valence-electron chi connectivity index (χ1n) is 6.48. The minimum Gasteiger partial charge on any atom is -0.360 e. The molecule has 3 aliphatic rings. The van der Waals surface area contributed by atoms with Crippen LogP contribution in [0.15, 0.2) is 0 Å². The molecular formula is C13H23NO. The van der Waals surface area contributed by atoms with Gasteiger partial charge in [0.15, 0.2) is 0 Å². The molecule has 2 unspecified atom stereocenters. The van der Waals surface area contributed by atoms with E-state index in [0.29, 0.717) is 5.41 Å². The lowest BCUT2D eigenvalue weighted by atomic mass is 9.90. The van der Waals surface area contributed by atoms with Crippen LogP contribution in [0, 0.1) is 17.3 Å². The van der Waals surface area contributed by atoms with E-state index in [2.05, 4.69) is 19.2 Å². The van der Waals surface area contributed by atoms with Crippen molar-refractivity contribution in [2.24, 2.45) is 17.3 Å². The van der Waals surface area contributed by atoms with Gasteiger partial charge >= 0.3 is 0 Å². The normalized spacial score (nSPS) is 44.8. The van der Waals surface area contributed by atoms with E-state index in [1.807, 2.05) is 0 Å². The van der Waals surface area contributed by atoms with Gasteiger partial charge in [-0.1, -0.05) is 13.8 Å². The molecule has 2 heteroatoms. The number of ether oxygens (including phenoxy) is 1. The van der Waals surface area contributed by atoms with E-state index in [9.17, 15) is 0 Å². The van der Waals surface area contributed by atoms with Gasteiger partial charge in [0.05, 0.1) is 6.61 Å². The SMILES string of the molecule is CC1(C)CCC2(C1)NCC(C1CC1)CO2. The van der Waals surface area contributed by atoms with Crippen molar-refractivity contribution >= 4 is 0 Å². The summed E-state index contributed by atoms with van der Waals surface area (Å²) in [4.78, 5) is 0. The fraction of sp³-hybridized carbons (Fsp3) is 1.00. The summed E-state index contributed by atoms with van der Waals surface area (Å²) in [6.07, 6.45) is 6.57. The second-order valence-electron chi connectivity index (χ2n) is 6.62. The Balaban J connectivity index is 1.61. The maximum absolute atomic E-state index is 6.16. The molecule has 1 aliphatic heterocycles. The Labute approximate surface area is 92.8 Å². The van der Waals surface area contributed by atoms with Crippen LogP contribution in [0.25, 0.3) is 0 Å². The first-order valence-corrected chi connectivity index (χ1v) is 6.48. The molecule has 1 saturated heterocycles. The summed E-state index contributed by atoms with van der Waals surface area (Å²) in [5.74, 6) is 1.78. The van der Waals surface area contributed by atoms with Crippen LogP contribution < -0.4 is 5.32 Å². The zero-order chi connectivity index (χ0) is 10.5. The lowest BCUT2D eigenvalue weighted by molar-refractivity contribution is -0.119. The van der Waals surface area contributed by atoms with Gasteiger partial charge in [0.25, 0.3) is 0 Å². The van der Waals surface area contributed by atoms with Crippen LogP contribution >= 0.6 is 0 Å². The maximum atomic E-state index is 6.16. The topological polar surface area (TPSA) is 21.3 Å². The van der Waals surface area contributed by atoms with Crippen molar-refractivity contribution in [3.8, 4) is 0 Å². The average Bonchev–Trinajstić information content (AvgIpc) is 2.96. The first-order chi connectivity index (χ1) is 7.09. The summed E-state index contributed by atoms with van der Waals surface area (Å²) in [6, 6.07) is 0. The number of nitrogens with one attached hydrogen (secondary N) is 1. The Bertz CT molecular complexity index is 249. The summed E-state index contributed by atoms with van der Waals surface area (Å²) < 4.78 is 6.16. The molecule has 0 aromatic rings. The molecule has 3 rings (SSSR count). The zero-order valence-corrected chi connectivity index (χ0v) is 10.0. The average molecular weight is 209 g/mol. The van der Waals surface area contributed by atoms with Crippen LogP contribution in [-0.2, 0) is 4.74 Å². The molecule has 2 saturated carbocycles. The number of hydrogen-bond donors (Lipinski definition) is 1. The van der Waals surface area contributed by atoms with Gasteiger partial charge in [-0.05, 0) is 49.4 Å². The van der Waals surface area contributed by atoms with Gasteiger partial charge in [-0.15, -0.1) is 0 Å². The van der Waals surface area contributed by atoms with Crippen molar-refractivity contribution in [1.82, 2.24) is 5.32 Å². The molecular weight excluding hydrogens is 186 g/mol. The van der Waals surface area contributed by atoms with Gasteiger partial charge in [0, 0.05) is 6.54 Å². The minimum absolute atomic E-state index is 0.0505. The van der Waals surface area contributed by atoms with E-state index in [4.69, 9.17) is 4.74 Å². The van der Waals surface area contributed by atoms with Crippen molar-refractivity contribution < 1.29 is 4.74 Å². The lowest BCUT2D eigenvalue weighted by Crippen LogP contribution is -2.54. The second kappa shape index (κ2) is 3.21. The predicted molar refractivity (Wildman–Crippen MR) is 60.5 cm³/mol. The third-order valence-electron chi connectivity index (χ3n) is 4.52. The molecule has 0 aromatic carbocycles. The van der Waals surface area contributed by atoms with Crippen LogP contribution in [0.3, 0.4) is 0 Å². The van der Waals surface area contributed by atoms with Crippen LogP contribution in [-0.4, -0.2) is 18.9 Å². The summed E-state index contributed by atoms with van der Waals surface area (Å²) in [5, 5.41) is 3.70. The summed E-state index contributed by atoms with van der Waals surface area (Å²) in [7, 11) is 0. The molecule has 1 spiro atoms. The van der Waals surface area contributed by atoms with Crippen molar-refractivity contribution in [2.75, 3.05) is 13.2 Å². The molecule has 0 bridgehead atoms. The van der Waals surface area contributed by atoms with Gasteiger partial charge in [0.2, 0.25) is 0 Å². The van der Waals surface area contributed by atoms with Gasteiger partial charge in [-0.25, -0.2) is 0 Å². The summed E-state index contributed by atoms with van der Waals surface area (Å²) in [5.41, 5.74) is 0.522. The van der Waals surface area contributed by atoms with Crippen LogP contribution in [0.4, 0.5) is 0 Å². The molecule has 2 aliphatic carbocycles. The Morgan fingerprint density at radius 3 is 2.40 bits per heavy atom. The van der Waals surface area contributed by atoms with Crippen molar-refractivity contribution in [3.05, 3.63) is 0 Å². The Hall–Kier alpha value is -0.0800. The highest BCUT2D eigenvalue weighted by Gasteiger charge is 2.47. The molecule has 1 N–H and O–H groups in total. The molecule has 0 radical (unpaired) electrons. The van der Waals surface area contributed by atoms with Crippen molar-refractivity contribution in [1.29, 1.82) is 0 Å². The molecule has 86 valence electrons. The van der Waals surface area contributed by atoms with E-state index < -0.39 is 0 Å². The fourth-order valence-electron chi connectivity index (χ4n) is 3.33. The highest BCUT2D eigenvalue weighted by atomic mass is 16.5. The summed E-state index contributed by atoms with van der Waals surface area (Å²) >= 11 is 0. The zero-order valence-electron chi connectivity index (χ0n) is 10.0. The van der Waals surface area contributed by atoms with E-state index >= 15 is 0 Å².